The number of nitrogens with one attached hydrogen (secondary N) is 1. The highest BCUT2D eigenvalue weighted by Crippen LogP contribution is 2.28. The predicted octanol–water partition coefficient (Wildman–Crippen LogP) is 0.146. The van der Waals surface area contributed by atoms with Crippen molar-refractivity contribution in [3.63, 3.8) is 0 Å². The maximum atomic E-state index is 11.8. The van der Waals surface area contributed by atoms with E-state index in [-0.39, 0.29) is 12.0 Å². The van der Waals surface area contributed by atoms with Gasteiger partial charge in [-0.2, -0.15) is 0 Å². The van der Waals surface area contributed by atoms with Gasteiger partial charge in [0.2, 0.25) is 0 Å². The Balaban J connectivity index is 2.83. The van der Waals surface area contributed by atoms with Gasteiger partial charge in [0.15, 0.2) is 11.5 Å². The van der Waals surface area contributed by atoms with Gasteiger partial charge in [0.25, 0.3) is 5.91 Å². The number of aromatic hydroxyl groups is 2. The summed E-state index contributed by atoms with van der Waals surface area (Å²) >= 11 is 0. The third kappa shape index (κ3) is 3.87. The normalized spacial score (nSPS) is 11.6. The van der Waals surface area contributed by atoms with E-state index in [0.29, 0.717) is 0 Å². The van der Waals surface area contributed by atoms with Crippen LogP contribution in [0.5, 0.6) is 11.5 Å². The van der Waals surface area contributed by atoms with E-state index in [4.69, 9.17) is 10.2 Å². The van der Waals surface area contributed by atoms with E-state index in [9.17, 15) is 24.6 Å². The molecule has 0 aliphatic heterocycles. The zero-order chi connectivity index (χ0) is 15.3. The van der Waals surface area contributed by atoms with Crippen molar-refractivity contribution in [3.05, 3.63) is 23.8 Å². The van der Waals surface area contributed by atoms with Crippen LogP contribution in [0.2, 0.25) is 0 Å². The molecule has 0 aliphatic carbocycles. The average Bonchev–Trinajstić information content (AvgIpc) is 2.36. The van der Waals surface area contributed by atoms with Crippen LogP contribution in [0.15, 0.2) is 18.2 Å². The Bertz CT molecular complexity index is 541. The van der Waals surface area contributed by atoms with Gasteiger partial charge in [-0.25, -0.2) is 4.79 Å². The lowest BCUT2D eigenvalue weighted by Gasteiger charge is -2.14. The second kappa shape index (κ2) is 6.41. The Labute approximate surface area is 113 Å². The fourth-order valence-corrected chi connectivity index (χ4v) is 1.48. The maximum absolute atomic E-state index is 11.8. The molecule has 0 saturated heterocycles. The van der Waals surface area contributed by atoms with Crippen LogP contribution in [0.4, 0.5) is 0 Å². The molecule has 1 amide bonds. The number of hydrogen-bond acceptors (Lipinski definition) is 5. The minimum absolute atomic E-state index is 0.296. The molecule has 1 atom stereocenters. The molecule has 5 N–H and O–H groups in total. The largest absolute Gasteiger partial charge is 0.504 e. The van der Waals surface area contributed by atoms with Crippen molar-refractivity contribution < 1.29 is 34.8 Å². The van der Waals surface area contributed by atoms with Crippen molar-refractivity contribution in [2.75, 3.05) is 0 Å². The van der Waals surface area contributed by atoms with Gasteiger partial charge in [0.1, 0.15) is 6.04 Å². The number of phenolic OH excluding ortho intramolecular Hbond substituents is 2. The van der Waals surface area contributed by atoms with E-state index in [1.54, 1.807) is 0 Å². The number of rotatable bonds is 6. The predicted molar refractivity (Wildman–Crippen MR) is 65.5 cm³/mol. The molecule has 1 rings (SSSR count). The second-order valence-corrected chi connectivity index (χ2v) is 3.97. The SMILES string of the molecule is O=C(O)CC[C@H](NC(=O)c1cccc(O)c1O)C(=O)O. The fraction of sp³-hybridized carbons (Fsp3) is 0.250. The summed E-state index contributed by atoms with van der Waals surface area (Å²) in [6.45, 7) is 0. The first kappa shape index (κ1) is 15.3. The van der Waals surface area contributed by atoms with Gasteiger partial charge in [-0.1, -0.05) is 6.07 Å². The molecule has 0 aromatic heterocycles. The zero-order valence-electron chi connectivity index (χ0n) is 10.2. The first-order valence-corrected chi connectivity index (χ1v) is 5.59. The molecular weight excluding hydrogens is 270 g/mol. The van der Waals surface area contributed by atoms with Gasteiger partial charge in [0, 0.05) is 6.42 Å². The van der Waals surface area contributed by atoms with Crippen LogP contribution in [-0.4, -0.2) is 44.3 Å². The zero-order valence-corrected chi connectivity index (χ0v) is 10.2. The molecule has 0 fully saturated rings. The van der Waals surface area contributed by atoms with Crippen molar-refractivity contribution in [1.82, 2.24) is 5.32 Å². The number of phenols is 2. The highest BCUT2D eigenvalue weighted by Gasteiger charge is 2.23. The van der Waals surface area contributed by atoms with Gasteiger partial charge in [-0.15, -0.1) is 0 Å². The smallest absolute Gasteiger partial charge is 0.326 e. The van der Waals surface area contributed by atoms with Crippen molar-refractivity contribution >= 4 is 17.8 Å². The fourth-order valence-electron chi connectivity index (χ4n) is 1.48. The summed E-state index contributed by atoms with van der Waals surface area (Å²) in [6.07, 6.45) is -0.723. The van der Waals surface area contributed by atoms with E-state index in [2.05, 4.69) is 5.32 Å². The molecule has 1 aromatic rings. The van der Waals surface area contributed by atoms with E-state index in [0.717, 1.165) is 6.07 Å². The van der Waals surface area contributed by atoms with Gasteiger partial charge in [-0.05, 0) is 18.6 Å². The molecule has 1 aromatic carbocycles. The average molecular weight is 283 g/mol. The summed E-state index contributed by atoms with van der Waals surface area (Å²) in [6, 6.07) is 2.25. The molecule has 0 unspecified atom stereocenters. The van der Waals surface area contributed by atoms with E-state index >= 15 is 0 Å². The van der Waals surface area contributed by atoms with E-state index < -0.39 is 41.8 Å². The number of hydrogen-bond donors (Lipinski definition) is 5. The molecule has 108 valence electrons. The molecule has 0 spiro atoms. The quantitative estimate of drug-likeness (QED) is 0.467. The summed E-state index contributed by atoms with van der Waals surface area (Å²) < 4.78 is 0. The second-order valence-electron chi connectivity index (χ2n) is 3.97. The number of aliphatic carboxylic acids is 2. The molecule has 0 bridgehead atoms. The Morgan fingerprint density at radius 2 is 1.80 bits per heavy atom. The van der Waals surface area contributed by atoms with Crippen LogP contribution >= 0.6 is 0 Å². The highest BCUT2D eigenvalue weighted by molar-refractivity contribution is 5.99. The summed E-state index contributed by atoms with van der Waals surface area (Å²) in [5, 5.41) is 38.2. The minimum atomic E-state index is -1.40. The third-order valence-electron chi connectivity index (χ3n) is 2.51. The number of carbonyl (C=O) groups is 3. The molecular formula is C12H13NO7. The number of carboxylic acids is 2. The lowest BCUT2D eigenvalue weighted by molar-refractivity contribution is -0.140. The van der Waals surface area contributed by atoms with Crippen molar-refractivity contribution in [1.29, 1.82) is 0 Å². The summed E-state index contributed by atoms with van der Waals surface area (Å²) in [7, 11) is 0. The van der Waals surface area contributed by atoms with Crippen molar-refractivity contribution in [2.24, 2.45) is 0 Å². The first-order chi connectivity index (χ1) is 9.32. The van der Waals surface area contributed by atoms with E-state index in [1.165, 1.54) is 12.1 Å². The Kier molecular flexibility index (Phi) is 4.90. The van der Waals surface area contributed by atoms with E-state index in [1.807, 2.05) is 0 Å². The van der Waals surface area contributed by atoms with Gasteiger partial charge < -0.3 is 25.7 Å². The summed E-state index contributed by atoms with van der Waals surface area (Å²) in [4.78, 5) is 33.1. The number of amides is 1. The monoisotopic (exact) mass is 283 g/mol. The Hall–Kier alpha value is -2.77. The Morgan fingerprint density at radius 3 is 2.35 bits per heavy atom. The summed E-state index contributed by atoms with van der Waals surface area (Å²) in [5.74, 6) is -4.69. The highest BCUT2D eigenvalue weighted by atomic mass is 16.4. The standard InChI is InChI=1S/C12H13NO7/c14-8-3-1-2-6(10(8)17)11(18)13-7(12(19)20)4-5-9(15)16/h1-3,7,14,17H,4-5H2,(H,13,18)(H,15,16)(H,19,20)/t7-/m0/s1. The summed E-state index contributed by atoms with van der Waals surface area (Å²) in [5.41, 5.74) is -0.299. The Morgan fingerprint density at radius 1 is 1.15 bits per heavy atom. The topological polar surface area (TPSA) is 144 Å². The van der Waals surface area contributed by atoms with Crippen LogP contribution in [-0.2, 0) is 9.59 Å². The first-order valence-electron chi connectivity index (χ1n) is 5.59. The molecule has 8 nitrogen and oxygen atoms in total. The lowest BCUT2D eigenvalue weighted by atomic mass is 10.1. The van der Waals surface area contributed by atoms with Gasteiger partial charge >= 0.3 is 11.9 Å². The van der Waals surface area contributed by atoms with Crippen molar-refractivity contribution in [3.8, 4) is 11.5 Å². The number of benzene rings is 1. The van der Waals surface area contributed by atoms with Crippen LogP contribution in [0, 0.1) is 0 Å². The maximum Gasteiger partial charge on any atom is 0.326 e. The molecule has 8 heteroatoms. The number of para-hydroxylation sites is 1. The number of carboxylic acid groups (broad SMARTS) is 2. The molecule has 0 heterocycles. The van der Waals surface area contributed by atoms with Gasteiger partial charge in [0.05, 0.1) is 5.56 Å². The molecule has 20 heavy (non-hydrogen) atoms. The van der Waals surface area contributed by atoms with Crippen LogP contribution in [0.1, 0.15) is 23.2 Å². The van der Waals surface area contributed by atoms with Crippen LogP contribution in [0.3, 0.4) is 0 Å². The third-order valence-corrected chi connectivity index (χ3v) is 2.51. The van der Waals surface area contributed by atoms with Crippen LogP contribution in [0.25, 0.3) is 0 Å². The molecule has 0 aliphatic rings. The number of carbonyl (C=O) groups excluding carboxylic acids is 1. The molecule has 0 saturated carbocycles. The van der Waals surface area contributed by atoms with Crippen molar-refractivity contribution in [2.45, 2.75) is 18.9 Å². The van der Waals surface area contributed by atoms with Gasteiger partial charge in [-0.3, -0.25) is 9.59 Å². The molecule has 0 radical (unpaired) electrons. The lowest BCUT2D eigenvalue weighted by Crippen LogP contribution is -2.41. The van der Waals surface area contributed by atoms with Crippen LogP contribution < -0.4 is 5.32 Å². The minimum Gasteiger partial charge on any atom is -0.504 e.